The van der Waals surface area contributed by atoms with Gasteiger partial charge in [-0.15, -0.1) is 24.8 Å². The lowest BCUT2D eigenvalue weighted by atomic mass is 10.0. The molecule has 0 spiro atoms. The lowest BCUT2D eigenvalue weighted by molar-refractivity contribution is -0.131. The highest BCUT2D eigenvalue weighted by Crippen LogP contribution is 2.42. The second-order valence-corrected chi connectivity index (χ2v) is 35.6. The Kier molecular flexibility index (Phi) is 35.1. The summed E-state index contributed by atoms with van der Waals surface area (Å²) in [5, 5.41) is 49.5. The van der Waals surface area contributed by atoms with E-state index in [-0.39, 0.29) is 103 Å². The van der Waals surface area contributed by atoms with Gasteiger partial charge in [-0.3, -0.25) is 28.8 Å². The quantitative estimate of drug-likeness (QED) is 0.207. The number of nitrogens with one attached hydrogen (secondary N) is 4. The van der Waals surface area contributed by atoms with Crippen molar-refractivity contribution in [3.05, 3.63) is 0 Å². The Labute approximate surface area is 718 Å². The maximum Gasteiger partial charge on any atom is 0.320 e. The van der Waals surface area contributed by atoms with Gasteiger partial charge in [0.15, 0.2) is 0 Å². The number of nitrogens with zero attached hydrogens (tertiary/aromatic N) is 16. The average Bonchev–Trinajstić information content (AvgIpc) is 1.67. The van der Waals surface area contributed by atoms with Crippen molar-refractivity contribution in [2.24, 2.45) is 64.9 Å². The number of carbonyl (C=O) groups excluding carboxylic acids is 10. The third-order valence-corrected chi connectivity index (χ3v) is 28.2. The highest BCUT2D eigenvalue weighted by atomic mass is 35.5. The summed E-state index contributed by atoms with van der Waals surface area (Å²) in [7, 11) is 0. The first-order valence-electron chi connectivity index (χ1n) is 44.2. The molecule has 0 aromatic rings. The summed E-state index contributed by atoms with van der Waals surface area (Å²) in [4.78, 5) is 143. The normalized spacial score (nSPS) is 32.4. The predicted octanol–water partition coefficient (Wildman–Crippen LogP) is 1.60. The summed E-state index contributed by atoms with van der Waals surface area (Å²) in [6.45, 7) is 23.1. The van der Waals surface area contributed by atoms with Crippen molar-refractivity contribution in [2.45, 2.75) is 158 Å². The summed E-state index contributed by atoms with van der Waals surface area (Å²) in [5.74, 6) is 6.27. The third-order valence-electron chi connectivity index (χ3n) is 28.2. The largest absolute Gasteiger partial charge is 0.378 e. The molecule has 13 saturated heterocycles. The van der Waals surface area contributed by atoms with Crippen LogP contribution in [0.4, 0.5) is 19.2 Å². The van der Waals surface area contributed by atoms with E-state index >= 15 is 0 Å². The number of ether oxygens (including phenoxy) is 4. The molecule has 5 saturated carbocycles. The zero-order chi connectivity index (χ0) is 82.8. The topological polar surface area (TPSA) is 416 Å². The molecule has 13 heterocycles. The van der Waals surface area contributed by atoms with E-state index in [4.69, 9.17) is 45.7 Å². The number of rotatable bonds is 10. The van der Waals surface area contributed by atoms with Crippen molar-refractivity contribution in [3.8, 4) is 24.3 Å². The minimum atomic E-state index is -0.248. The summed E-state index contributed by atoms with van der Waals surface area (Å²) in [5.41, 5.74) is 5.17. The number of nitriles is 4. The first-order chi connectivity index (χ1) is 57.3. The van der Waals surface area contributed by atoms with Crippen LogP contribution in [0.5, 0.6) is 0 Å². The van der Waals surface area contributed by atoms with E-state index in [2.05, 4.69) is 45.5 Å². The number of carbonyl (C=O) groups is 10. The zero-order valence-corrected chi connectivity index (χ0v) is 71.5. The van der Waals surface area contributed by atoms with Gasteiger partial charge in [0.1, 0.15) is 35.7 Å². The van der Waals surface area contributed by atoms with Gasteiger partial charge in [-0.25, -0.2) is 19.2 Å². The Balaban J connectivity index is 0.000000146. The molecular formula is C83H129Cl2N21O14. The smallest absolute Gasteiger partial charge is 0.320 e. The number of fused-ring (bicyclic) bond motifs is 5. The van der Waals surface area contributed by atoms with Gasteiger partial charge in [-0.05, 0) is 162 Å². The van der Waals surface area contributed by atoms with Crippen molar-refractivity contribution >= 4 is 84.1 Å². The number of likely N-dealkylation sites (tertiary alicyclic amines) is 8. The highest BCUT2D eigenvalue weighted by Gasteiger charge is 2.49. The molecule has 7 unspecified atom stereocenters. The van der Waals surface area contributed by atoms with E-state index < -0.39 is 0 Å². The fourth-order valence-corrected chi connectivity index (χ4v) is 21.8. The van der Waals surface area contributed by atoms with E-state index in [0.717, 1.165) is 168 Å². The Bertz CT molecular complexity index is 3350. The zero-order valence-electron chi connectivity index (χ0n) is 69.8. The number of Topliss-reactive ketones (excluding diaryl/α,β-unsaturated/α-hetero) is 2. The van der Waals surface area contributed by atoms with Gasteiger partial charge in [0, 0.05) is 175 Å². The SMILES string of the molecule is Cl.Cl.N#C[C@@H]1CCCN1C(=O)CN.N#C[C@@H]1CCCN1C(=O)CNC1C[C@@H]2CN(C(=O)N3CCOCC3)C[C@@H]2C1.N#C[C@@H]1CCCN1C(=O)CNC1C[C@@H]2CN(C(=O)N3CCOCC3)C[C@@H]2C1.N#C[C@@H]1CCCN1C(=O)CNC1C[C@@H]2CN(C(=O)N3CCOCC3)C[C@@H]2C1.O=C1CC2CN(C(=O)N3CCOCC3)CC2C1.O=C1CC2CNCC2C1. The van der Waals surface area contributed by atoms with Gasteiger partial charge in [-0.2, -0.15) is 21.0 Å². The molecule has 13 aliphatic heterocycles. The van der Waals surface area contributed by atoms with Crippen LogP contribution in [0.15, 0.2) is 0 Å². The number of ketones is 2. The van der Waals surface area contributed by atoms with Gasteiger partial charge in [-0.1, -0.05) is 0 Å². The van der Waals surface area contributed by atoms with E-state index in [1.807, 2.05) is 39.2 Å². The monoisotopic (exact) mass is 1710 g/mol. The van der Waals surface area contributed by atoms with Crippen molar-refractivity contribution in [1.82, 2.24) is 80.1 Å². The number of hydrogen-bond acceptors (Lipinski definition) is 23. The summed E-state index contributed by atoms with van der Waals surface area (Å²) in [6, 6.07) is 9.41. The summed E-state index contributed by atoms with van der Waals surface area (Å²) < 4.78 is 21.2. The van der Waals surface area contributed by atoms with Gasteiger partial charge in [0.2, 0.25) is 23.6 Å². The summed E-state index contributed by atoms with van der Waals surface area (Å²) >= 11 is 0. The van der Waals surface area contributed by atoms with Gasteiger partial charge in [0.25, 0.3) is 0 Å². The molecule has 0 aromatic heterocycles. The van der Waals surface area contributed by atoms with Crippen LogP contribution in [-0.4, -0.2) is 383 Å². The molecule has 17 atom stereocenters. The standard InChI is InChI=1S/3C19H29N5O3.C12H18N2O3.C7H11N3O.C7H11NO.2ClH/c3*20-10-17-2-1-3-24(17)18(25)11-21-16-8-14-12-23(13-15(14)9-16)19(26)22-4-6-27-7-5-22;15-11-5-9-7-14(8-10(9)6-11)12(16)13-1-3-17-4-2-13;8-4-6-2-1-3-10(6)7(11)5-9;9-7-1-5-3-8-4-6(5)2-7;;/h3*14-17,21H,1-9,11-13H2;9-10H,1-8H2;6H,1-3,5,9H2;5-6,8H,1-4H2;2*1H/t3*14-,15+,16?,17-;;6-;;;/m000.0.../s1. The fraction of sp³-hybridized carbons (Fsp3) is 0.831. The molecule has 12 amide bonds. The van der Waals surface area contributed by atoms with Crippen molar-refractivity contribution in [1.29, 1.82) is 21.0 Å². The van der Waals surface area contributed by atoms with E-state index in [1.54, 1.807) is 19.6 Å². The van der Waals surface area contributed by atoms with Crippen LogP contribution in [0.2, 0.25) is 0 Å². The van der Waals surface area contributed by atoms with E-state index in [0.29, 0.717) is 253 Å². The molecule has 18 fully saturated rings. The summed E-state index contributed by atoms with van der Waals surface area (Å²) in [6.07, 6.45) is 16.0. The van der Waals surface area contributed by atoms with Gasteiger partial charge in [0.05, 0.1) is 103 Å². The lowest BCUT2D eigenvalue weighted by Crippen LogP contribution is -2.48. The van der Waals surface area contributed by atoms with Crippen LogP contribution >= 0.6 is 24.8 Å². The van der Waals surface area contributed by atoms with Crippen LogP contribution < -0.4 is 27.0 Å². The lowest BCUT2D eigenvalue weighted by Gasteiger charge is -2.31. The van der Waals surface area contributed by atoms with Crippen molar-refractivity contribution in [2.75, 3.05) is 223 Å². The van der Waals surface area contributed by atoms with Crippen LogP contribution in [0.1, 0.15) is 116 Å². The molecule has 18 rings (SSSR count). The molecule has 120 heavy (non-hydrogen) atoms. The van der Waals surface area contributed by atoms with E-state index in [9.17, 15) is 47.9 Å². The third kappa shape index (κ3) is 23.9. The molecule has 0 radical (unpaired) electrons. The van der Waals surface area contributed by atoms with E-state index in [1.165, 1.54) is 0 Å². The number of amides is 12. The number of morpholine rings is 4. The maximum atomic E-state index is 12.6. The van der Waals surface area contributed by atoms with Crippen LogP contribution in [0.3, 0.4) is 0 Å². The minimum Gasteiger partial charge on any atom is -0.378 e. The Morgan fingerprint density at radius 3 is 0.792 bits per heavy atom. The van der Waals surface area contributed by atoms with Gasteiger partial charge < -0.3 is 105 Å². The molecular weight excluding hydrogens is 1590 g/mol. The highest BCUT2D eigenvalue weighted by molar-refractivity contribution is 5.86. The van der Waals surface area contributed by atoms with Gasteiger partial charge >= 0.3 is 24.1 Å². The molecule has 5 aliphatic carbocycles. The maximum absolute atomic E-state index is 12.6. The molecule has 664 valence electrons. The molecule has 37 heteroatoms. The molecule has 0 bridgehead atoms. The second kappa shape index (κ2) is 45.2. The average molecular weight is 1720 g/mol. The van der Waals surface area contributed by atoms with Crippen molar-refractivity contribution in [3.63, 3.8) is 0 Å². The first kappa shape index (κ1) is 93.2. The number of urea groups is 4. The Morgan fingerprint density at radius 2 is 0.558 bits per heavy atom. The molecule has 6 N–H and O–H groups in total. The Hall–Kier alpha value is -7.52. The van der Waals surface area contributed by atoms with Crippen LogP contribution in [0.25, 0.3) is 0 Å². The van der Waals surface area contributed by atoms with Crippen LogP contribution in [0, 0.1) is 105 Å². The minimum absolute atomic E-state index is 0. The Morgan fingerprint density at radius 1 is 0.333 bits per heavy atom. The molecule has 0 aromatic carbocycles. The molecule has 18 aliphatic rings. The fourth-order valence-electron chi connectivity index (χ4n) is 21.8. The first-order valence-corrected chi connectivity index (χ1v) is 44.2. The predicted molar refractivity (Wildman–Crippen MR) is 442 cm³/mol. The second-order valence-electron chi connectivity index (χ2n) is 35.6. The van der Waals surface area contributed by atoms with Crippen LogP contribution in [-0.2, 0) is 47.7 Å². The number of halogens is 2. The number of nitrogens with two attached hydrogens (primary N) is 1. The van der Waals surface area contributed by atoms with Crippen molar-refractivity contribution < 1.29 is 66.9 Å². The number of hydrogen-bond donors (Lipinski definition) is 5. The molecule has 35 nitrogen and oxygen atoms in total.